The van der Waals surface area contributed by atoms with Gasteiger partial charge in [0.15, 0.2) is 5.78 Å². The Morgan fingerprint density at radius 2 is 1.68 bits per heavy atom. The summed E-state index contributed by atoms with van der Waals surface area (Å²) in [5, 5.41) is 0. The van der Waals surface area contributed by atoms with E-state index in [1.54, 1.807) is 18.2 Å². The molecule has 2 nitrogen and oxygen atoms in total. The first-order valence-corrected chi connectivity index (χ1v) is 6.19. The number of hydrogen-bond donors (Lipinski definition) is 0. The number of ketones is 1. The van der Waals surface area contributed by atoms with Gasteiger partial charge in [0.25, 0.3) is 0 Å². The zero-order chi connectivity index (χ0) is 14.0. The molecule has 0 aliphatic rings. The molecule has 0 amide bonds. The van der Waals surface area contributed by atoms with E-state index in [1.165, 1.54) is 6.92 Å². The van der Waals surface area contributed by atoms with E-state index in [4.69, 9.17) is 4.74 Å². The highest BCUT2D eigenvalue weighted by atomic mass is 79.9. The number of carbonyl (C=O) groups is 1. The Bertz CT molecular complexity index is 621. The van der Waals surface area contributed by atoms with Gasteiger partial charge in [0.1, 0.15) is 23.1 Å². The second kappa shape index (κ2) is 5.48. The first-order chi connectivity index (χ1) is 8.95. The Morgan fingerprint density at radius 3 is 2.21 bits per heavy atom. The molecule has 0 spiro atoms. The number of ether oxygens (including phenoxy) is 1. The van der Waals surface area contributed by atoms with Crippen LogP contribution in [0.15, 0.2) is 40.9 Å². The van der Waals surface area contributed by atoms with Gasteiger partial charge in [-0.05, 0) is 41.1 Å². The summed E-state index contributed by atoms with van der Waals surface area (Å²) in [6.07, 6.45) is 0. The summed E-state index contributed by atoms with van der Waals surface area (Å²) in [7, 11) is 0. The molecule has 98 valence electrons. The van der Waals surface area contributed by atoms with Crippen molar-refractivity contribution in [2.75, 3.05) is 0 Å². The lowest BCUT2D eigenvalue weighted by atomic mass is 10.1. The van der Waals surface area contributed by atoms with Crippen molar-refractivity contribution in [3.63, 3.8) is 0 Å². The standard InChI is InChI=1S/C14H9BrF2O2/c1-8(18)13-3-2-11(7-14(13)15)19-12-5-9(16)4-10(17)6-12/h2-7H,1H3. The van der Waals surface area contributed by atoms with E-state index in [0.717, 1.165) is 18.2 Å². The topological polar surface area (TPSA) is 26.3 Å². The van der Waals surface area contributed by atoms with Crippen LogP contribution in [0, 0.1) is 11.6 Å². The minimum Gasteiger partial charge on any atom is -0.457 e. The molecular formula is C14H9BrF2O2. The molecule has 2 rings (SSSR count). The smallest absolute Gasteiger partial charge is 0.160 e. The molecule has 0 unspecified atom stereocenters. The molecule has 2 aromatic rings. The van der Waals surface area contributed by atoms with Gasteiger partial charge in [-0.3, -0.25) is 4.79 Å². The molecule has 0 radical (unpaired) electrons. The van der Waals surface area contributed by atoms with Crippen molar-refractivity contribution in [2.24, 2.45) is 0 Å². The highest BCUT2D eigenvalue weighted by molar-refractivity contribution is 9.10. The van der Waals surface area contributed by atoms with Gasteiger partial charge < -0.3 is 4.74 Å². The van der Waals surface area contributed by atoms with Crippen molar-refractivity contribution in [3.8, 4) is 11.5 Å². The van der Waals surface area contributed by atoms with Gasteiger partial charge in [-0.15, -0.1) is 0 Å². The second-order valence-corrected chi connectivity index (χ2v) is 4.76. The molecule has 0 N–H and O–H groups in total. The number of rotatable bonds is 3. The molecule has 0 bridgehead atoms. The van der Waals surface area contributed by atoms with Crippen molar-refractivity contribution < 1.29 is 18.3 Å². The maximum atomic E-state index is 13.0. The Labute approximate surface area is 117 Å². The van der Waals surface area contributed by atoms with E-state index in [0.29, 0.717) is 15.8 Å². The number of carbonyl (C=O) groups excluding carboxylic acids is 1. The van der Waals surface area contributed by atoms with E-state index in [1.807, 2.05) is 0 Å². The summed E-state index contributed by atoms with van der Waals surface area (Å²) in [4.78, 5) is 11.3. The molecule has 0 saturated heterocycles. The zero-order valence-corrected chi connectivity index (χ0v) is 11.5. The molecule has 0 saturated carbocycles. The molecule has 0 aromatic heterocycles. The summed E-state index contributed by atoms with van der Waals surface area (Å²) < 4.78 is 31.9. The fraction of sp³-hybridized carbons (Fsp3) is 0.0714. The Hall–Kier alpha value is -1.75. The van der Waals surface area contributed by atoms with Crippen molar-refractivity contribution in [1.82, 2.24) is 0 Å². The van der Waals surface area contributed by atoms with Crippen LogP contribution < -0.4 is 4.74 Å². The highest BCUT2D eigenvalue weighted by Gasteiger charge is 2.08. The van der Waals surface area contributed by atoms with Crippen LogP contribution in [0.25, 0.3) is 0 Å². The minimum atomic E-state index is -0.713. The maximum Gasteiger partial charge on any atom is 0.160 e. The summed E-state index contributed by atoms with van der Waals surface area (Å²) >= 11 is 3.24. The van der Waals surface area contributed by atoms with Crippen LogP contribution in [-0.4, -0.2) is 5.78 Å². The van der Waals surface area contributed by atoms with E-state index in [-0.39, 0.29) is 11.5 Å². The van der Waals surface area contributed by atoms with Crippen LogP contribution in [0.4, 0.5) is 8.78 Å². The second-order valence-electron chi connectivity index (χ2n) is 3.91. The lowest BCUT2D eigenvalue weighted by molar-refractivity contribution is 0.101. The summed E-state index contributed by atoms with van der Waals surface area (Å²) in [6, 6.07) is 7.63. The van der Waals surface area contributed by atoms with Crippen molar-refractivity contribution in [2.45, 2.75) is 6.92 Å². The monoisotopic (exact) mass is 326 g/mol. The van der Waals surface area contributed by atoms with Gasteiger partial charge in [-0.1, -0.05) is 0 Å². The number of halogens is 3. The maximum absolute atomic E-state index is 13.0. The fourth-order valence-corrected chi connectivity index (χ4v) is 2.21. The Morgan fingerprint density at radius 1 is 1.05 bits per heavy atom. The SMILES string of the molecule is CC(=O)c1ccc(Oc2cc(F)cc(F)c2)cc1Br. The van der Waals surface area contributed by atoms with E-state index in [2.05, 4.69) is 15.9 Å². The van der Waals surface area contributed by atoms with Crippen LogP contribution in [0.1, 0.15) is 17.3 Å². The third-order valence-electron chi connectivity index (χ3n) is 2.39. The summed E-state index contributed by atoms with van der Waals surface area (Å²) in [5.74, 6) is -1.08. The van der Waals surface area contributed by atoms with Crippen LogP contribution in [0.2, 0.25) is 0 Å². The molecule has 5 heteroatoms. The first-order valence-electron chi connectivity index (χ1n) is 5.40. The Kier molecular flexibility index (Phi) is 3.95. The molecular weight excluding hydrogens is 318 g/mol. The molecule has 19 heavy (non-hydrogen) atoms. The third-order valence-corrected chi connectivity index (χ3v) is 3.05. The van der Waals surface area contributed by atoms with E-state index < -0.39 is 11.6 Å². The highest BCUT2D eigenvalue weighted by Crippen LogP contribution is 2.28. The van der Waals surface area contributed by atoms with Gasteiger partial charge in [0, 0.05) is 28.2 Å². The van der Waals surface area contributed by atoms with Crippen molar-refractivity contribution in [3.05, 3.63) is 58.1 Å². The lowest BCUT2D eigenvalue weighted by Crippen LogP contribution is -1.94. The molecule has 0 aliphatic heterocycles. The third kappa shape index (κ3) is 3.38. The number of benzene rings is 2. The predicted molar refractivity (Wildman–Crippen MR) is 70.6 cm³/mol. The van der Waals surface area contributed by atoms with Crippen molar-refractivity contribution >= 4 is 21.7 Å². The fourth-order valence-electron chi connectivity index (χ4n) is 1.57. The predicted octanol–water partition coefficient (Wildman–Crippen LogP) is 4.72. The first kappa shape index (κ1) is 13.7. The van der Waals surface area contributed by atoms with E-state index in [9.17, 15) is 13.6 Å². The minimum absolute atomic E-state index is 0.0555. The largest absolute Gasteiger partial charge is 0.457 e. The molecule has 0 fully saturated rings. The lowest BCUT2D eigenvalue weighted by Gasteiger charge is -2.08. The van der Waals surface area contributed by atoms with Gasteiger partial charge in [-0.2, -0.15) is 0 Å². The molecule has 0 aliphatic carbocycles. The molecule has 2 aromatic carbocycles. The van der Waals surface area contributed by atoms with Crippen LogP contribution in [0.5, 0.6) is 11.5 Å². The van der Waals surface area contributed by atoms with Gasteiger partial charge >= 0.3 is 0 Å². The zero-order valence-electron chi connectivity index (χ0n) is 9.91. The van der Waals surface area contributed by atoms with Gasteiger partial charge in [0.2, 0.25) is 0 Å². The van der Waals surface area contributed by atoms with Crippen LogP contribution in [-0.2, 0) is 0 Å². The Balaban J connectivity index is 2.28. The quantitative estimate of drug-likeness (QED) is 0.763. The molecule has 0 atom stereocenters. The van der Waals surface area contributed by atoms with Gasteiger partial charge in [-0.25, -0.2) is 8.78 Å². The van der Waals surface area contributed by atoms with Crippen LogP contribution >= 0.6 is 15.9 Å². The van der Waals surface area contributed by atoms with Crippen LogP contribution in [0.3, 0.4) is 0 Å². The average Bonchev–Trinajstić information content (AvgIpc) is 2.26. The summed E-state index contributed by atoms with van der Waals surface area (Å²) in [5.41, 5.74) is 0.512. The average molecular weight is 327 g/mol. The summed E-state index contributed by atoms with van der Waals surface area (Å²) in [6.45, 7) is 1.45. The number of Topliss-reactive ketones (excluding diaryl/α,β-unsaturated/α-hetero) is 1. The van der Waals surface area contributed by atoms with Gasteiger partial charge in [0.05, 0.1) is 0 Å². The molecule has 0 heterocycles. The number of hydrogen-bond acceptors (Lipinski definition) is 2. The normalized spacial score (nSPS) is 10.3. The van der Waals surface area contributed by atoms with Crippen molar-refractivity contribution in [1.29, 1.82) is 0 Å². The van der Waals surface area contributed by atoms with E-state index >= 15 is 0 Å².